The Morgan fingerprint density at radius 2 is 2.00 bits per heavy atom. The number of amides is 1. The molecule has 0 unspecified atom stereocenters. The van der Waals surface area contributed by atoms with Gasteiger partial charge in [0.05, 0.1) is 0 Å². The molecule has 0 aliphatic rings. The van der Waals surface area contributed by atoms with E-state index in [0.29, 0.717) is 0 Å². The summed E-state index contributed by atoms with van der Waals surface area (Å²) in [6.07, 6.45) is 0. The molecule has 1 amide bonds. The van der Waals surface area contributed by atoms with Gasteiger partial charge in [0, 0.05) is 6.92 Å². The van der Waals surface area contributed by atoms with Crippen LogP contribution in [0.2, 0.25) is 0 Å². The van der Waals surface area contributed by atoms with E-state index in [1.165, 1.54) is 12.4 Å². The maximum atomic E-state index is 9.45. The number of hydrogen-bond acceptors (Lipinski definition) is 2. The SMILES string of the molecule is CC(=O)NO.[NaH]. The first-order valence-electron chi connectivity index (χ1n) is 1.18. The second-order valence-electron chi connectivity index (χ2n) is 0.668. The van der Waals surface area contributed by atoms with Gasteiger partial charge in [-0.15, -0.1) is 0 Å². The van der Waals surface area contributed by atoms with E-state index < -0.39 is 5.91 Å². The van der Waals surface area contributed by atoms with Crippen LogP contribution in [0.15, 0.2) is 0 Å². The summed E-state index contributed by atoms with van der Waals surface area (Å²) in [6.45, 7) is 1.22. The fourth-order valence-corrected chi connectivity index (χ4v) is 0. The van der Waals surface area contributed by atoms with Crippen molar-refractivity contribution < 1.29 is 10.0 Å². The minimum atomic E-state index is -0.440. The van der Waals surface area contributed by atoms with Gasteiger partial charge in [-0.2, -0.15) is 0 Å². The summed E-state index contributed by atoms with van der Waals surface area (Å²) >= 11 is 0. The summed E-state index contributed by atoms with van der Waals surface area (Å²) in [4.78, 5) is 9.45. The molecule has 0 saturated heterocycles. The van der Waals surface area contributed by atoms with Gasteiger partial charge in [0.15, 0.2) is 0 Å². The average Bonchev–Trinajstić information content (AvgIpc) is 1.38. The first kappa shape index (κ1) is 9.66. The van der Waals surface area contributed by atoms with Crippen molar-refractivity contribution in [3.63, 3.8) is 0 Å². The van der Waals surface area contributed by atoms with Crippen molar-refractivity contribution in [3.8, 4) is 0 Å². The molecule has 0 radical (unpaired) electrons. The molecule has 0 aliphatic heterocycles. The van der Waals surface area contributed by atoms with Crippen molar-refractivity contribution in [2.75, 3.05) is 0 Å². The van der Waals surface area contributed by atoms with Crippen molar-refractivity contribution in [2.24, 2.45) is 0 Å². The monoisotopic (exact) mass is 99.0 g/mol. The summed E-state index contributed by atoms with van der Waals surface area (Å²) < 4.78 is 0. The van der Waals surface area contributed by atoms with Crippen LogP contribution in [0.5, 0.6) is 0 Å². The van der Waals surface area contributed by atoms with Crippen molar-refractivity contribution in [1.29, 1.82) is 0 Å². The van der Waals surface area contributed by atoms with Gasteiger partial charge in [0.1, 0.15) is 0 Å². The third-order valence-corrected chi connectivity index (χ3v) is 0.157. The molecule has 0 aromatic heterocycles. The summed E-state index contributed by atoms with van der Waals surface area (Å²) in [5.74, 6) is -0.440. The van der Waals surface area contributed by atoms with Crippen LogP contribution in [0.3, 0.4) is 0 Å². The zero-order valence-electron chi connectivity index (χ0n) is 2.86. The van der Waals surface area contributed by atoms with Gasteiger partial charge < -0.3 is 0 Å². The summed E-state index contributed by atoms with van der Waals surface area (Å²) in [5.41, 5.74) is 1.39. The average molecular weight is 99.1 g/mol. The standard InChI is InChI=1S/C2H5NO2.Na.H/c1-2(4)3-5;;/h5H,1H3,(H,3,4);;. The van der Waals surface area contributed by atoms with Crippen molar-refractivity contribution in [1.82, 2.24) is 5.48 Å². The van der Waals surface area contributed by atoms with Gasteiger partial charge in [-0.3, -0.25) is 10.0 Å². The topological polar surface area (TPSA) is 49.3 Å². The van der Waals surface area contributed by atoms with Crippen molar-refractivity contribution in [3.05, 3.63) is 0 Å². The van der Waals surface area contributed by atoms with E-state index in [0.717, 1.165) is 0 Å². The molecular formula is C2H6NNaO2. The molecule has 4 heteroatoms. The first-order valence-corrected chi connectivity index (χ1v) is 1.18. The van der Waals surface area contributed by atoms with Crippen LogP contribution in [-0.4, -0.2) is 40.7 Å². The molecule has 0 rings (SSSR count). The maximum absolute atomic E-state index is 9.45. The number of hydroxylamine groups is 1. The van der Waals surface area contributed by atoms with Crippen molar-refractivity contribution >= 4 is 35.5 Å². The Morgan fingerprint density at radius 3 is 2.00 bits per heavy atom. The molecule has 2 N–H and O–H groups in total. The Morgan fingerprint density at radius 1 is 1.83 bits per heavy atom. The molecule has 0 spiro atoms. The van der Waals surface area contributed by atoms with Crippen LogP contribution in [-0.2, 0) is 4.79 Å². The molecule has 0 aromatic carbocycles. The third kappa shape index (κ3) is 8.83. The predicted octanol–water partition coefficient (Wildman–Crippen LogP) is -1.14. The second-order valence-corrected chi connectivity index (χ2v) is 0.668. The Kier molecular flexibility index (Phi) is 8.74. The predicted molar refractivity (Wildman–Crippen MR) is 22.8 cm³/mol. The Balaban J connectivity index is 0. The summed E-state index contributed by atoms with van der Waals surface area (Å²) in [6, 6.07) is 0. The van der Waals surface area contributed by atoms with E-state index in [1.807, 2.05) is 0 Å². The minimum absolute atomic E-state index is 0. The molecule has 0 saturated carbocycles. The molecular weight excluding hydrogens is 93.0 g/mol. The quantitative estimate of drug-likeness (QED) is 0.229. The van der Waals surface area contributed by atoms with Crippen LogP contribution >= 0.6 is 0 Å². The van der Waals surface area contributed by atoms with Crippen LogP contribution in [0.1, 0.15) is 6.92 Å². The number of hydrogen-bond donors (Lipinski definition) is 2. The van der Waals surface area contributed by atoms with E-state index in [4.69, 9.17) is 5.21 Å². The van der Waals surface area contributed by atoms with Gasteiger partial charge in [-0.05, 0) is 0 Å². The van der Waals surface area contributed by atoms with E-state index >= 15 is 0 Å². The Bertz CT molecular complexity index is 46.8. The van der Waals surface area contributed by atoms with Gasteiger partial charge >= 0.3 is 29.6 Å². The fraction of sp³-hybridized carbons (Fsp3) is 0.500. The molecule has 0 fully saturated rings. The molecule has 0 aliphatic carbocycles. The molecule has 32 valence electrons. The molecule has 0 atom stereocenters. The molecule has 0 heterocycles. The van der Waals surface area contributed by atoms with E-state index in [9.17, 15) is 4.79 Å². The zero-order chi connectivity index (χ0) is 4.28. The second kappa shape index (κ2) is 5.43. The molecule has 0 bridgehead atoms. The summed E-state index contributed by atoms with van der Waals surface area (Å²) in [5, 5.41) is 7.54. The van der Waals surface area contributed by atoms with E-state index in [1.54, 1.807) is 0 Å². The Hall–Kier alpha value is 0.430. The number of rotatable bonds is 0. The van der Waals surface area contributed by atoms with Gasteiger partial charge in [-0.1, -0.05) is 0 Å². The third-order valence-electron chi connectivity index (χ3n) is 0.157. The van der Waals surface area contributed by atoms with Gasteiger partial charge in [-0.25, -0.2) is 5.48 Å². The Labute approximate surface area is 58.0 Å². The molecule has 6 heavy (non-hydrogen) atoms. The van der Waals surface area contributed by atoms with Gasteiger partial charge in [0.2, 0.25) is 5.91 Å². The molecule has 0 aromatic rings. The van der Waals surface area contributed by atoms with Crippen molar-refractivity contribution in [2.45, 2.75) is 6.92 Å². The number of carbonyl (C=O) groups excluding carboxylic acids is 1. The van der Waals surface area contributed by atoms with Crippen LogP contribution in [0.4, 0.5) is 0 Å². The fourth-order valence-electron chi connectivity index (χ4n) is 0. The zero-order valence-corrected chi connectivity index (χ0v) is 2.86. The first-order chi connectivity index (χ1) is 2.27. The van der Waals surface area contributed by atoms with Crippen LogP contribution < -0.4 is 5.48 Å². The number of nitrogens with one attached hydrogen (secondary N) is 1. The van der Waals surface area contributed by atoms with Crippen LogP contribution in [0.25, 0.3) is 0 Å². The normalized spacial score (nSPS) is 5.67. The van der Waals surface area contributed by atoms with Crippen LogP contribution in [0, 0.1) is 0 Å². The van der Waals surface area contributed by atoms with Gasteiger partial charge in [0.25, 0.3) is 0 Å². The summed E-state index contributed by atoms with van der Waals surface area (Å²) in [7, 11) is 0. The van der Waals surface area contributed by atoms with E-state index in [-0.39, 0.29) is 29.6 Å². The molecule has 3 nitrogen and oxygen atoms in total. The van der Waals surface area contributed by atoms with E-state index in [2.05, 4.69) is 0 Å². The number of carbonyl (C=O) groups is 1.